The van der Waals surface area contributed by atoms with Crippen molar-refractivity contribution in [2.45, 2.75) is 19.3 Å². The van der Waals surface area contributed by atoms with Crippen LogP contribution in [0, 0.1) is 11.9 Å². The average Bonchev–Trinajstić information content (AvgIpc) is 2.74. The van der Waals surface area contributed by atoms with E-state index < -0.39 is 17.3 Å². The van der Waals surface area contributed by atoms with Crippen molar-refractivity contribution >= 4 is 23.2 Å². The van der Waals surface area contributed by atoms with Crippen LogP contribution in [0.1, 0.15) is 25.2 Å². The van der Waals surface area contributed by atoms with Crippen LogP contribution in [0.3, 0.4) is 0 Å². The van der Waals surface area contributed by atoms with Gasteiger partial charge in [0.2, 0.25) is 11.9 Å². The van der Waals surface area contributed by atoms with Gasteiger partial charge in [0.1, 0.15) is 10.3 Å². The summed E-state index contributed by atoms with van der Waals surface area (Å²) in [5.41, 5.74) is 2.56. The van der Waals surface area contributed by atoms with Crippen molar-refractivity contribution in [1.82, 2.24) is 19.9 Å². The molecule has 4 heterocycles. The van der Waals surface area contributed by atoms with E-state index in [1.807, 2.05) is 38.1 Å². The maximum atomic E-state index is 14.2. The van der Waals surface area contributed by atoms with Gasteiger partial charge in [0.25, 0.3) is 0 Å². The molecule has 0 aliphatic heterocycles. The molecule has 0 radical (unpaired) electrons. The third kappa shape index (κ3) is 4.27. The van der Waals surface area contributed by atoms with Crippen LogP contribution in [-0.4, -0.2) is 19.9 Å². The van der Waals surface area contributed by atoms with Gasteiger partial charge < -0.3 is 0 Å². The molecule has 0 unspecified atom stereocenters. The molecular formula is C23H16Cl2F2N4. The summed E-state index contributed by atoms with van der Waals surface area (Å²) < 4.78 is 27.3. The smallest absolute Gasteiger partial charge is 0.224 e. The standard InChI is InChI=1S/C23H16Cl2F2N4/c1-23(2,17-7-3-5-15(28-17)13-9-11-19(24)30-21(13)25)18-8-4-6-16(29-18)14-10-12-20(26)31-22(14)27/h3-12H,1-2H3. The van der Waals surface area contributed by atoms with Gasteiger partial charge in [-0.1, -0.05) is 35.3 Å². The number of rotatable bonds is 4. The molecular weight excluding hydrogens is 441 g/mol. The summed E-state index contributed by atoms with van der Waals surface area (Å²) in [5.74, 6) is -1.79. The molecule has 0 atom stereocenters. The highest BCUT2D eigenvalue weighted by Crippen LogP contribution is 2.33. The predicted molar refractivity (Wildman–Crippen MR) is 117 cm³/mol. The summed E-state index contributed by atoms with van der Waals surface area (Å²) in [7, 11) is 0. The topological polar surface area (TPSA) is 51.6 Å². The first-order valence-electron chi connectivity index (χ1n) is 9.35. The second kappa shape index (κ2) is 8.29. The number of aromatic nitrogens is 4. The van der Waals surface area contributed by atoms with Gasteiger partial charge in [-0.15, -0.1) is 0 Å². The van der Waals surface area contributed by atoms with Crippen molar-refractivity contribution in [1.29, 1.82) is 0 Å². The lowest BCUT2D eigenvalue weighted by atomic mass is 9.84. The van der Waals surface area contributed by atoms with Crippen LogP contribution >= 0.6 is 23.2 Å². The van der Waals surface area contributed by atoms with E-state index in [0.717, 1.165) is 11.8 Å². The van der Waals surface area contributed by atoms with E-state index in [-0.39, 0.29) is 10.7 Å². The van der Waals surface area contributed by atoms with Crippen molar-refractivity contribution < 1.29 is 8.78 Å². The van der Waals surface area contributed by atoms with Crippen molar-refractivity contribution in [3.8, 4) is 22.5 Å². The third-order valence-electron chi connectivity index (χ3n) is 4.96. The molecule has 4 aromatic heterocycles. The summed E-state index contributed by atoms with van der Waals surface area (Å²) in [6.07, 6.45) is 0. The molecule has 0 aliphatic rings. The zero-order chi connectivity index (χ0) is 22.2. The van der Waals surface area contributed by atoms with Crippen LogP contribution in [0.4, 0.5) is 8.78 Å². The van der Waals surface area contributed by atoms with Gasteiger partial charge in [-0.05, 0) is 62.4 Å². The minimum atomic E-state index is -0.910. The van der Waals surface area contributed by atoms with Gasteiger partial charge in [0.05, 0.1) is 28.3 Å². The molecule has 0 aliphatic carbocycles. The maximum Gasteiger partial charge on any atom is 0.224 e. The highest BCUT2D eigenvalue weighted by molar-refractivity contribution is 6.34. The number of hydrogen-bond acceptors (Lipinski definition) is 4. The Balaban J connectivity index is 1.75. The van der Waals surface area contributed by atoms with Crippen LogP contribution in [-0.2, 0) is 5.41 Å². The monoisotopic (exact) mass is 456 g/mol. The Kier molecular flexibility index (Phi) is 5.69. The predicted octanol–water partition coefficient (Wildman–Crippen LogP) is 6.51. The van der Waals surface area contributed by atoms with Crippen LogP contribution < -0.4 is 0 Å². The summed E-state index contributed by atoms with van der Waals surface area (Å²) in [5, 5.41) is 0.558. The average molecular weight is 457 g/mol. The van der Waals surface area contributed by atoms with E-state index >= 15 is 0 Å². The Morgan fingerprint density at radius 1 is 0.677 bits per heavy atom. The molecule has 0 saturated heterocycles. The molecule has 0 fully saturated rings. The molecule has 0 N–H and O–H groups in total. The molecule has 0 spiro atoms. The van der Waals surface area contributed by atoms with Gasteiger partial charge in [-0.2, -0.15) is 13.8 Å². The Morgan fingerprint density at radius 3 is 1.84 bits per heavy atom. The Morgan fingerprint density at radius 2 is 1.26 bits per heavy atom. The third-order valence-corrected chi connectivity index (χ3v) is 5.46. The van der Waals surface area contributed by atoms with Gasteiger partial charge >= 0.3 is 0 Å². The van der Waals surface area contributed by atoms with Crippen LogP contribution in [0.25, 0.3) is 22.5 Å². The molecule has 0 aromatic carbocycles. The van der Waals surface area contributed by atoms with Crippen LogP contribution in [0.5, 0.6) is 0 Å². The first-order chi connectivity index (χ1) is 14.8. The second-order valence-electron chi connectivity index (χ2n) is 7.39. The number of halogens is 4. The lowest BCUT2D eigenvalue weighted by Gasteiger charge is -2.25. The highest BCUT2D eigenvalue weighted by Gasteiger charge is 2.27. The highest BCUT2D eigenvalue weighted by atomic mass is 35.5. The SMILES string of the molecule is CC(C)(c1cccc(-c2ccc(F)nc2F)n1)c1cccc(-c2ccc(Cl)nc2Cl)n1. The molecule has 0 bridgehead atoms. The van der Waals surface area contributed by atoms with E-state index in [2.05, 4.69) is 15.0 Å². The zero-order valence-corrected chi connectivity index (χ0v) is 18.1. The minimum absolute atomic E-state index is 0.125. The van der Waals surface area contributed by atoms with Crippen molar-refractivity contribution in [2.75, 3.05) is 0 Å². The van der Waals surface area contributed by atoms with Gasteiger partial charge in [-0.3, -0.25) is 9.97 Å². The lowest BCUT2D eigenvalue weighted by molar-refractivity contribution is 0.514. The minimum Gasteiger partial charge on any atom is -0.252 e. The normalized spacial score (nSPS) is 11.5. The lowest BCUT2D eigenvalue weighted by Crippen LogP contribution is -2.22. The Bertz CT molecular complexity index is 1180. The Hall–Kier alpha value is -2.96. The van der Waals surface area contributed by atoms with Crippen molar-refractivity contribution in [3.63, 3.8) is 0 Å². The molecule has 0 amide bonds. The molecule has 4 aromatic rings. The van der Waals surface area contributed by atoms with E-state index in [9.17, 15) is 8.78 Å². The Labute approximate surface area is 188 Å². The van der Waals surface area contributed by atoms with Crippen molar-refractivity contribution in [2.24, 2.45) is 0 Å². The zero-order valence-electron chi connectivity index (χ0n) is 16.6. The second-order valence-corrected chi connectivity index (χ2v) is 8.13. The largest absolute Gasteiger partial charge is 0.252 e. The molecule has 156 valence electrons. The van der Waals surface area contributed by atoms with E-state index in [4.69, 9.17) is 28.2 Å². The van der Waals surface area contributed by atoms with E-state index in [1.54, 1.807) is 24.3 Å². The molecule has 4 rings (SSSR count). The fourth-order valence-electron chi connectivity index (χ4n) is 3.20. The van der Waals surface area contributed by atoms with Gasteiger partial charge in [0.15, 0.2) is 0 Å². The molecule has 4 nitrogen and oxygen atoms in total. The maximum absolute atomic E-state index is 14.2. The molecule has 8 heteroatoms. The number of pyridine rings is 4. The summed E-state index contributed by atoms with van der Waals surface area (Å²) in [6, 6.07) is 16.7. The molecule has 0 saturated carbocycles. The molecule has 31 heavy (non-hydrogen) atoms. The summed E-state index contributed by atoms with van der Waals surface area (Å²) in [6.45, 7) is 3.93. The van der Waals surface area contributed by atoms with Crippen molar-refractivity contribution in [3.05, 3.63) is 94.3 Å². The van der Waals surface area contributed by atoms with E-state index in [0.29, 0.717) is 27.8 Å². The fraction of sp³-hybridized carbons (Fsp3) is 0.130. The summed E-state index contributed by atoms with van der Waals surface area (Å²) in [4.78, 5) is 16.7. The van der Waals surface area contributed by atoms with Crippen LogP contribution in [0.15, 0.2) is 60.7 Å². The quantitative estimate of drug-likeness (QED) is 0.328. The summed E-state index contributed by atoms with van der Waals surface area (Å²) >= 11 is 12.1. The van der Waals surface area contributed by atoms with E-state index in [1.165, 1.54) is 6.07 Å². The van der Waals surface area contributed by atoms with Gasteiger partial charge in [-0.25, -0.2) is 4.98 Å². The van der Waals surface area contributed by atoms with Crippen LogP contribution in [0.2, 0.25) is 10.3 Å². The first kappa shape index (κ1) is 21.3. The van der Waals surface area contributed by atoms with Gasteiger partial charge in [0, 0.05) is 11.0 Å². The first-order valence-corrected chi connectivity index (χ1v) is 10.1. The fourth-order valence-corrected chi connectivity index (χ4v) is 3.64. The number of nitrogens with zero attached hydrogens (tertiary/aromatic N) is 4. The number of hydrogen-bond donors (Lipinski definition) is 0.